The summed E-state index contributed by atoms with van der Waals surface area (Å²) in [5.74, 6) is -0.541. The number of nitrogens with one attached hydrogen (secondary N) is 1. The molecule has 0 aliphatic rings. The third-order valence-electron chi connectivity index (χ3n) is 3.92. The lowest BCUT2D eigenvalue weighted by Crippen LogP contribution is -2.12. The highest BCUT2D eigenvalue weighted by Gasteiger charge is 2.10. The van der Waals surface area contributed by atoms with Crippen LogP contribution < -0.4 is 14.8 Å². The minimum Gasteiger partial charge on any atom is -0.494 e. The molecule has 0 unspecified atom stereocenters. The largest absolute Gasteiger partial charge is 0.494 e. The molecule has 3 aromatic rings. The van der Waals surface area contributed by atoms with Crippen LogP contribution in [0.1, 0.15) is 19.8 Å². The third-order valence-corrected chi connectivity index (χ3v) is 4.68. The quantitative estimate of drug-likeness (QED) is 0.480. The second-order valence-corrected chi connectivity index (χ2v) is 6.93. The fraction of sp³-hybridized carbons (Fsp3) is 0.238. The molecule has 0 fully saturated rings. The van der Waals surface area contributed by atoms with E-state index in [1.54, 1.807) is 5.38 Å². The number of thiazole rings is 1. The molecule has 0 atom stereocenters. The third kappa shape index (κ3) is 5.99. The van der Waals surface area contributed by atoms with Crippen LogP contribution in [0.3, 0.4) is 0 Å². The Labute approximate surface area is 171 Å². The topological polar surface area (TPSA) is 60.5 Å². The molecule has 8 heteroatoms. The Kier molecular flexibility index (Phi) is 7.13. The van der Waals surface area contributed by atoms with E-state index in [-0.39, 0.29) is 12.3 Å². The molecular weight excluding hydrogens is 398 g/mol. The first kappa shape index (κ1) is 20.7. The van der Waals surface area contributed by atoms with Gasteiger partial charge in [0.15, 0.2) is 16.8 Å². The van der Waals surface area contributed by atoms with Gasteiger partial charge < -0.3 is 14.8 Å². The van der Waals surface area contributed by atoms with Crippen molar-refractivity contribution < 1.29 is 23.0 Å². The number of rotatable bonds is 9. The summed E-state index contributed by atoms with van der Waals surface area (Å²) in [4.78, 5) is 16.3. The van der Waals surface area contributed by atoms with Gasteiger partial charge in [0.25, 0.3) is 0 Å². The average molecular weight is 418 g/mol. The molecule has 1 aromatic heterocycles. The van der Waals surface area contributed by atoms with Gasteiger partial charge in [-0.15, -0.1) is 11.3 Å². The maximum absolute atomic E-state index is 13.3. The van der Waals surface area contributed by atoms with Crippen LogP contribution in [-0.2, 0) is 4.79 Å². The average Bonchev–Trinajstić information content (AvgIpc) is 3.17. The number of carbonyl (C=O) groups is 1. The number of halogens is 2. The van der Waals surface area contributed by atoms with Crippen LogP contribution in [0.15, 0.2) is 47.8 Å². The highest BCUT2D eigenvalue weighted by atomic mass is 32.1. The molecule has 0 radical (unpaired) electrons. The predicted molar refractivity (Wildman–Crippen MR) is 108 cm³/mol. The fourth-order valence-corrected chi connectivity index (χ4v) is 3.26. The molecule has 152 valence electrons. The Morgan fingerprint density at radius 2 is 1.79 bits per heavy atom. The van der Waals surface area contributed by atoms with Crippen LogP contribution in [0.5, 0.6) is 11.5 Å². The Hall–Kier alpha value is -3.00. The van der Waals surface area contributed by atoms with Crippen LogP contribution in [0, 0.1) is 11.6 Å². The molecule has 1 amide bonds. The SMILES string of the molecule is CCOc1ccc(OCCCC(=O)Nc2nc(-c3ccc(F)c(F)c3)cs2)cc1. The summed E-state index contributed by atoms with van der Waals surface area (Å²) in [7, 11) is 0. The molecule has 5 nitrogen and oxygen atoms in total. The fourth-order valence-electron chi connectivity index (χ4n) is 2.52. The zero-order valence-electron chi connectivity index (χ0n) is 15.8. The molecule has 29 heavy (non-hydrogen) atoms. The van der Waals surface area contributed by atoms with Gasteiger partial charge in [0.1, 0.15) is 11.5 Å². The van der Waals surface area contributed by atoms with Gasteiger partial charge in [-0.2, -0.15) is 0 Å². The van der Waals surface area contributed by atoms with Gasteiger partial charge in [0, 0.05) is 17.4 Å². The number of anilines is 1. The first-order chi connectivity index (χ1) is 14.0. The van der Waals surface area contributed by atoms with Crippen molar-refractivity contribution in [2.45, 2.75) is 19.8 Å². The van der Waals surface area contributed by atoms with Crippen LogP contribution >= 0.6 is 11.3 Å². The normalized spacial score (nSPS) is 10.6. The second kappa shape index (κ2) is 9.97. The lowest BCUT2D eigenvalue weighted by atomic mass is 10.2. The Balaban J connectivity index is 1.43. The van der Waals surface area contributed by atoms with E-state index in [1.165, 1.54) is 17.4 Å². The van der Waals surface area contributed by atoms with E-state index in [4.69, 9.17) is 9.47 Å². The number of benzene rings is 2. The summed E-state index contributed by atoms with van der Waals surface area (Å²) in [6.45, 7) is 2.93. The summed E-state index contributed by atoms with van der Waals surface area (Å²) in [6.07, 6.45) is 0.817. The van der Waals surface area contributed by atoms with E-state index in [1.807, 2.05) is 31.2 Å². The van der Waals surface area contributed by atoms with Crippen molar-refractivity contribution in [1.29, 1.82) is 0 Å². The first-order valence-corrected chi connectivity index (χ1v) is 9.99. The van der Waals surface area contributed by atoms with Crippen molar-refractivity contribution in [2.24, 2.45) is 0 Å². The van der Waals surface area contributed by atoms with Gasteiger partial charge in [-0.25, -0.2) is 13.8 Å². The zero-order valence-corrected chi connectivity index (χ0v) is 16.6. The molecule has 3 rings (SSSR count). The Morgan fingerprint density at radius 1 is 1.07 bits per heavy atom. The van der Waals surface area contributed by atoms with E-state index in [0.29, 0.717) is 41.8 Å². The second-order valence-electron chi connectivity index (χ2n) is 6.07. The molecule has 0 spiro atoms. The monoisotopic (exact) mass is 418 g/mol. The zero-order chi connectivity index (χ0) is 20.6. The maximum Gasteiger partial charge on any atom is 0.226 e. The number of amides is 1. The summed E-state index contributed by atoms with van der Waals surface area (Å²) in [5.41, 5.74) is 0.924. The summed E-state index contributed by atoms with van der Waals surface area (Å²) in [5, 5.41) is 4.79. The van der Waals surface area contributed by atoms with Crippen molar-refractivity contribution in [1.82, 2.24) is 4.98 Å². The van der Waals surface area contributed by atoms with E-state index >= 15 is 0 Å². The highest BCUT2D eigenvalue weighted by Crippen LogP contribution is 2.26. The van der Waals surface area contributed by atoms with Crippen molar-refractivity contribution in [3.05, 3.63) is 59.5 Å². The maximum atomic E-state index is 13.3. The number of hydrogen-bond donors (Lipinski definition) is 1. The van der Waals surface area contributed by atoms with E-state index in [0.717, 1.165) is 17.9 Å². The van der Waals surface area contributed by atoms with Gasteiger partial charge in [0.05, 0.1) is 18.9 Å². The summed E-state index contributed by atoms with van der Waals surface area (Å²) in [6, 6.07) is 10.9. The van der Waals surface area contributed by atoms with Crippen molar-refractivity contribution in [3.63, 3.8) is 0 Å². The lowest BCUT2D eigenvalue weighted by molar-refractivity contribution is -0.116. The van der Waals surface area contributed by atoms with Crippen molar-refractivity contribution >= 4 is 22.4 Å². The summed E-state index contributed by atoms with van der Waals surface area (Å²) < 4.78 is 37.4. The minimum atomic E-state index is -0.936. The van der Waals surface area contributed by atoms with Crippen molar-refractivity contribution in [2.75, 3.05) is 18.5 Å². The molecule has 1 heterocycles. The van der Waals surface area contributed by atoms with E-state index < -0.39 is 11.6 Å². The molecule has 2 aromatic carbocycles. The lowest BCUT2D eigenvalue weighted by Gasteiger charge is -2.07. The van der Waals surface area contributed by atoms with Crippen molar-refractivity contribution in [3.8, 4) is 22.8 Å². The number of hydrogen-bond acceptors (Lipinski definition) is 5. The van der Waals surface area contributed by atoms with Crippen LogP contribution in [-0.4, -0.2) is 24.1 Å². The minimum absolute atomic E-state index is 0.188. The summed E-state index contributed by atoms with van der Waals surface area (Å²) >= 11 is 1.22. The molecule has 0 aliphatic heterocycles. The van der Waals surface area contributed by atoms with Crippen LogP contribution in [0.2, 0.25) is 0 Å². The number of nitrogens with zero attached hydrogens (tertiary/aromatic N) is 1. The van der Waals surface area contributed by atoms with Gasteiger partial charge in [-0.05, 0) is 55.8 Å². The smallest absolute Gasteiger partial charge is 0.226 e. The Morgan fingerprint density at radius 3 is 2.48 bits per heavy atom. The van der Waals surface area contributed by atoms with Gasteiger partial charge in [-0.3, -0.25) is 4.79 Å². The van der Waals surface area contributed by atoms with Gasteiger partial charge in [-0.1, -0.05) is 0 Å². The van der Waals surface area contributed by atoms with Gasteiger partial charge >= 0.3 is 0 Å². The van der Waals surface area contributed by atoms with E-state index in [2.05, 4.69) is 10.3 Å². The molecule has 0 aliphatic carbocycles. The number of carbonyl (C=O) groups excluding carboxylic acids is 1. The first-order valence-electron chi connectivity index (χ1n) is 9.11. The number of ether oxygens (including phenoxy) is 2. The predicted octanol–water partition coefficient (Wildman–Crippen LogP) is 5.28. The van der Waals surface area contributed by atoms with Gasteiger partial charge in [0.2, 0.25) is 5.91 Å². The molecule has 0 saturated heterocycles. The molecular formula is C21H20F2N2O3S. The van der Waals surface area contributed by atoms with E-state index in [9.17, 15) is 13.6 Å². The Bertz CT molecular complexity index is 961. The number of aromatic nitrogens is 1. The van der Waals surface area contributed by atoms with Crippen LogP contribution in [0.4, 0.5) is 13.9 Å². The molecule has 1 N–H and O–H groups in total. The van der Waals surface area contributed by atoms with Crippen LogP contribution in [0.25, 0.3) is 11.3 Å². The highest BCUT2D eigenvalue weighted by molar-refractivity contribution is 7.14. The molecule has 0 saturated carbocycles. The standard InChI is InChI=1S/C21H20F2N2O3S/c1-2-27-15-6-8-16(9-7-15)28-11-3-4-20(26)25-21-24-19(13-29-21)14-5-10-17(22)18(23)12-14/h5-10,12-13H,2-4,11H2,1H3,(H,24,25,26). The molecule has 0 bridgehead atoms.